The standard InChI is InChI=1S/C31H51ClO3/c1-29-15-12-25(33)22-24(29)21-23(11-7-5-4-6-9-19-35-20-10-8-18-32)28-26(29)13-16-30(2)27(28)14-17-31(30,3)34/h22-23,26-28,34H,4-21H2,1-3H3/t23?,26-,27+,28-,29+,30+,31?/m1/s1. The van der Waals surface area contributed by atoms with Gasteiger partial charge in [-0.05, 0) is 112 Å². The van der Waals surface area contributed by atoms with Gasteiger partial charge in [-0.25, -0.2) is 0 Å². The van der Waals surface area contributed by atoms with E-state index in [1.807, 2.05) is 0 Å². The Kier molecular flexibility index (Phi) is 9.14. The van der Waals surface area contributed by atoms with E-state index in [0.717, 1.165) is 70.5 Å². The van der Waals surface area contributed by atoms with Gasteiger partial charge in [0.1, 0.15) is 0 Å². The molecule has 4 aliphatic carbocycles. The van der Waals surface area contributed by atoms with Gasteiger partial charge < -0.3 is 9.84 Å². The number of fused-ring (bicyclic) bond motifs is 5. The van der Waals surface area contributed by atoms with E-state index in [1.165, 1.54) is 50.5 Å². The summed E-state index contributed by atoms with van der Waals surface area (Å²) >= 11 is 5.71. The number of alkyl halides is 1. The highest BCUT2D eigenvalue weighted by Gasteiger charge is 2.64. The lowest BCUT2D eigenvalue weighted by molar-refractivity contribution is -0.135. The fourth-order valence-corrected chi connectivity index (χ4v) is 8.97. The summed E-state index contributed by atoms with van der Waals surface area (Å²) in [6, 6.07) is 0. The van der Waals surface area contributed by atoms with E-state index in [9.17, 15) is 9.90 Å². The second-order valence-corrected chi connectivity index (χ2v) is 13.5. The Morgan fingerprint density at radius 3 is 2.40 bits per heavy atom. The van der Waals surface area contributed by atoms with Crippen molar-refractivity contribution in [1.82, 2.24) is 0 Å². The van der Waals surface area contributed by atoms with Crippen LogP contribution in [0.3, 0.4) is 0 Å². The van der Waals surface area contributed by atoms with Crippen molar-refractivity contribution in [2.45, 2.75) is 123 Å². The molecule has 200 valence electrons. The van der Waals surface area contributed by atoms with Gasteiger partial charge in [0.05, 0.1) is 5.60 Å². The van der Waals surface area contributed by atoms with E-state index >= 15 is 0 Å². The minimum atomic E-state index is -0.529. The van der Waals surface area contributed by atoms with Crippen molar-refractivity contribution >= 4 is 17.4 Å². The van der Waals surface area contributed by atoms with E-state index in [0.29, 0.717) is 29.5 Å². The fraction of sp³-hybridized carbons (Fsp3) is 0.903. The second kappa shape index (κ2) is 11.6. The molecule has 0 saturated heterocycles. The maximum atomic E-state index is 12.4. The van der Waals surface area contributed by atoms with Gasteiger partial charge in [0, 0.05) is 25.5 Å². The predicted octanol–water partition coefficient (Wildman–Crippen LogP) is 7.87. The zero-order valence-corrected chi connectivity index (χ0v) is 23.5. The molecule has 35 heavy (non-hydrogen) atoms. The molecule has 2 unspecified atom stereocenters. The summed E-state index contributed by atoms with van der Waals surface area (Å²) in [5.41, 5.74) is 1.20. The number of aliphatic hydroxyl groups is 1. The lowest BCUT2D eigenvalue weighted by Crippen LogP contribution is -2.56. The molecule has 0 aromatic heterocycles. The van der Waals surface area contributed by atoms with Gasteiger partial charge in [0.2, 0.25) is 0 Å². The molecule has 3 nitrogen and oxygen atoms in total. The van der Waals surface area contributed by atoms with Crippen molar-refractivity contribution in [3.05, 3.63) is 11.6 Å². The van der Waals surface area contributed by atoms with E-state index in [4.69, 9.17) is 16.3 Å². The molecule has 3 fully saturated rings. The highest BCUT2D eigenvalue weighted by atomic mass is 35.5. The van der Waals surface area contributed by atoms with Crippen LogP contribution in [-0.2, 0) is 9.53 Å². The molecule has 0 amide bonds. The van der Waals surface area contributed by atoms with E-state index in [1.54, 1.807) is 0 Å². The average Bonchev–Trinajstić information content (AvgIpc) is 3.07. The quantitative estimate of drug-likeness (QED) is 0.216. The van der Waals surface area contributed by atoms with E-state index in [2.05, 4.69) is 26.8 Å². The zero-order valence-electron chi connectivity index (χ0n) is 22.8. The molecular weight excluding hydrogens is 456 g/mol. The first-order chi connectivity index (χ1) is 16.7. The lowest BCUT2D eigenvalue weighted by atomic mass is 9.44. The summed E-state index contributed by atoms with van der Waals surface area (Å²) in [6.45, 7) is 8.72. The Labute approximate surface area is 219 Å². The summed E-state index contributed by atoms with van der Waals surface area (Å²) in [6.07, 6.45) is 19.2. The molecular formula is C31H51ClO3. The third kappa shape index (κ3) is 5.58. The monoisotopic (exact) mass is 506 g/mol. The highest BCUT2D eigenvalue weighted by Crippen LogP contribution is 2.69. The molecule has 0 aromatic carbocycles. The number of carbonyl (C=O) groups is 1. The summed E-state index contributed by atoms with van der Waals surface area (Å²) in [4.78, 5) is 12.4. The normalized spacial score (nSPS) is 40.7. The van der Waals surface area contributed by atoms with Crippen LogP contribution in [-0.4, -0.2) is 35.6 Å². The molecule has 4 aliphatic rings. The van der Waals surface area contributed by atoms with Crippen molar-refractivity contribution in [2.75, 3.05) is 19.1 Å². The molecule has 0 bridgehead atoms. The van der Waals surface area contributed by atoms with Gasteiger partial charge in [-0.15, -0.1) is 11.6 Å². The summed E-state index contributed by atoms with van der Waals surface area (Å²) in [5, 5.41) is 11.4. The number of hydrogen-bond acceptors (Lipinski definition) is 3. The van der Waals surface area contributed by atoms with Crippen LogP contribution in [0.2, 0.25) is 0 Å². The van der Waals surface area contributed by atoms with Gasteiger partial charge in [-0.3, -0.25) is 4.79 Å². The predicted molar refractivity (Wildman–Crippen MR) is 145 cm³/mol. The summed E-state index contributed by atoms with van der Waals surface area (Å²) in [7, 11) is 0. The molecule has 3 saturated carbocycles. The van der Waals surface area contributed by atoms with Crippen LogP contribution in [0.1, 0.15) is 117 Å². The second-order valence-electron chi connectivity index (χ2n) is 13.1. The molecule has 0 spiro atoms. The number of carbonyl (C=O) groups excluding carboxylic acids is 1. The number of ketones is 1. The Hall–Kier alpha value is -0.380. The molecule has 0 aromatic rings. The smallest absolute Gasteiger partial charge is 0.155 e. The SMILES string of the molecule is CC1(O)CC[C@H]2[C@@H]3C(CCCCCCCOCCCCCl)CC4=CC(=O)CC[C@]4(C)[C@@H]3CC[C@@]21C. The van der Waals surface area contributed by atoms with E-state index < -0.39 is 5.60 Å². The highest BCUT2D eigenvalue weighted by molar-refractivity contribution is 6.17. The van der Waals surface area contributed by atoms with Crippen LogP contribution in [0, 0.1) is 34.5 Å². The third-order valence-corrected chi connectivity index (χ3v) is 11.5. The van der Waals surface area contributed by atoms with Gasteiger partial charge in [-0.1, -0.05) is 45.1 Å². The number of allylic oxidation sites excluding steroid dienone is 1. The summed E-state index contributed by atoms with van der Waals surface area (Å²) < 4.78 is 5.72. The first kappa shape index (κ1) is 27.6. The van der Waals surface area contributed by atoms with Crippen LogP contribution in [0.5, 0.6) is 0 Å². The largest absolute Gasteiger partial charge is 0.390 e. The molecule has 1 N–H and O–H groups in total. The van der Waals surface area contributed by atoms with E-state index in [-0.39, 0.29) is 10.8 Å². The van der Waals surface area contributed by atoms with Gasteiger partial charge in [0.25, 0.3) is 0 Å². The Morgan fingerprint density at radius 1 is 0.943 bits per heavy atom. The van der Waals surface area contributed by atoms with Crippen LogP contribution in [0.25, 0.3) is 0 Å². The van der Waals surface area contributed by atoms with Crippen LogP contribution < -0.4 is 0 Å². The molecule has 4 rings (SSSR count). The number of hydrogen-bond donors (Lipinski definition) is 1. The molecule has 4 heteroatoms. The molecule has 0 radical (unpaired) electrons. The van der Waals surface area contributed by atoms with Crippen LogP contribution >= 0.6 is 11.6 Å². The third-order valence-electron chi connectivity index (χ3n) is 11.2. The first-order valence-electron chi connectivity index (χ1n) is 14.8. The Bertz CT molecular complexity index is 760. The number of halogens is 1. The Balaban J connectivity index is 1.35. The van der Waals surface area contributed by atoms with Gasteiger partial charge in [0.15, 0.2) is 5.78 Å². The maximum Gasteiger partial charge on any atom is 0.155 e. The topological polar surface area (TPSA) is 46.5 Å². The van der Waals surface area contributed by atoms with Crippen molar-refractivity contribution in [3.63, 3.8) is 0 Å². The zero-order chi connectivity index (χ0) is 25.1. The fourth-order valence-electron chi connectivity index (χ4n) is 8.79. The van der Waals surface area contributed by atoms with Crippen LogP contribution in [0.15, 0.2) is 11.6 Å². The van der Waals surface area contributed by atoms with Crippen molar-refractivity contribution in [3.8, 4) is 0 Å². The lowest BCUT2D eigenvalue weighted by Gasteiger charge is -2.61. The maximum absolute atomic E-state index is 12.4. The van der Waals surface area contributed by atoms with Crippen molar-refractivity contribution in [2.24, 2.45) is 34.5 Å². The first-order valence-corrected chi connectivity index (χ1v) is 15.4. The average molecular weight is 507 g/mol. The van der Waals surface area contributed by atoms with Gasteiger partial charge >= 0.3 is 0 Å². The van der Waals surface area contributed by atoms with Crippen molar-refractivity contribution in [1.29, 1.82) is 0 Å². The van der Waals surface area contributed by atoms with Crippen molar-refractivity contribution < 1.29 is 14.6 Å². The minimum Gasteiger partial charge on any atom is -0.390 e. The molecule has 0 aliphatic heterocycles. The summed E-state index contributed by atoms with van der Waals surface area (Å²) in [5.74, 6) is 3.78. The Morgan fingerprint density at radius 2 is 1.63 bits per heavy atom. The number of rotatable bonds is 12. The molecule has 0 heterocycles. The van der Waals surface area contributed by atoms with Crippen LogP contribution in [0.4, 0.5) is 0 Å². The number of unbranched alkanes of at least 4 members (excludes halogenated alkanes) is 5. The van der Waals surface area contributed by atoms with Gasteiger partial charge in [-0.2, -0.15) is 0 Å². The number of ether oxygens (including phenoxy) is 1. The molecule has 7 atom stereocenters. The minimum absolute atomic E-state index is 0.0538.